The maximum atomic E-state index is 12.5. The monoisotopic (exact) mass is 508 g/mol. The Kier molecular flexibility index (Phi) is 6.92. The van der Waals surface area contributed by atoms with Gasteiger partial charge in [0.25, 0.3) is 0 Å². The predicted molar refractivity (Wildman–Crippen MR) is 144 cm³/mol. The van der Waals surface area contributed by atoms with Crippen molar-refractivity contribution in [3.05, 3.63) is 87.9 Å². The molecule has 5 rings (SSSR count). The predicted octanol–water partition coefficient (Wildman–Crippen LogP) is 4.75. The molecular weight excluding hydrogens is 484 g/mol. The molecule has 0 saturated heterocycles. The molecule has 0 aliphatic heterocycles. The van der Waals surface area contributed by atoms with Crippen LogP contribution in [0.4, 0.5) is 5.00 Å². The fraction of sp³-hybridized carbons (Fsp3) is 0.179. The minimum Gasteiger partial charge on any atom is -0.308 e. The van der Waals surface area contributed by atoms with Crippen LogP contribution in [0.3, 0.4) is 0 Å². The lowest BCUT2D eigenvalue weighted by atomic mass is 9.96. The second-order valence-corrected chi connectivity index (χ2v) is 9.86. The molecule has 0 saturated carbocycles. The van der Waals surface area contributed by atoms with E-state index in [1.165, 1.54) is 17.6 Å². The molecule has 0 spiro atoms. The van der Waals surface area contributed by atoms with E-state index in [1.54, 1.807) is 4.68 Å². The molecule has 1 aliphatic carbocycles. The van der Waals surface area contributed by atoms with E-state index in [-0.39, 0.29) is 0 Å². The van der Waals surface area contributed by atoms with Gasteiger partial charge in [-0.05, 0) is 50.3 Å². The lowest BCUT2D eigenvalue weighted by molar-refractivity contribution is -0.136. The summed E-state index contributed by atoms with van der Waals surface area (Å²) >= 11 is 1.37. The number of para-hydroxylation sites is 1. The van der Waals surface area contributed by atoms with Crippen molar-refractivity contribution in [2.45, 2.75) is 32.6 Å². The van der Waals surface area contributed by atoms with Crippen LogP contribution in [0.15, 0.2) is 65.9 Å². The van der Waals surface area contributed by atoms with Crippen LogP contribution in [0.25, 0.3) is 16.9 Å². The minimum atomic E-state index is -0.918. The molecule has 9 heteroatoms. The lowest BCUT2D eigenvalue weighted by Gasteiger charge is -2.09. The molecule has 2 aromatic heterocycles. The molecule has 2 amide bonds. The highest BCUT2D eigenvalue weighted by Crippen LogP contribution is 2.37. The van der Waals surface area contributed by atoms with E-state index in [0.29, 0.717) is 21.8 Å². The topological polar surface area (TPSA) is 112 Å². The molecular formula is C28H24N6O2S. The highest BCUT2D eigenvalue weighted by Gasteiger charge is 2.23. The highest BCUT2D eigenvalue weighted by molar-refractivity contribution is 7.16. The van der Waals surface area contributed by atoms with Crippen LogP contribution in [0, 0.1) is 18.3 Å². The van der Waals surface area contributed by atoms with E-state index < -0.39 is 11.8 Å². The van der Waals surface area contributed by atoms with Gasteiger partial charge >= 0.3 is 11.8 Å². The first kappa shape index (κ1) is 24.2. The number of rotatable bonds is 5. The largest absolute Gasteiger partial charge is 0.329 e. The van der Waals surface area contributed by atoms with Gasteiger partial charge in [-0.1, -0.05) is 48.0 Å². The first-order valence-electron chi connectivity index (χ1n) is 11.9. The summed E-state index contributed by atoms with van der Waals surface area (Å²) in [7, 11) is 0. The molecule has 0 unspecified atom stereocenters. The van der Waals surface area contributed by atoms with Gasteiger partial charge in [0.1, 0.15) is 16.8 Å². The number of nitrogens with zero attached hydrogens (tertiary/aromatic N) is 4. The molecule has 0 atom stereocenters. The molecule has 1 aliphatic rings. The van der Waals surface area contributed by atoms with Crippen LogP contribution in [-0.4, -0.2) is 27.8 Å². The molecule has 0 fully saturated rings. The first-order chi connectivity index (χ1) is 18.0. The Morgan fingerprint density at radius 3 is 2.59 bits per heavy atom. The zero-order valence-corrected chi connectivity index (χ0v) is 21.0. The number of hydrogen-bond acceptors (Lipinski definition) is 6. The number of hydrazone groups is 1. The van der Waals surface area contributed by atoms with Gasteiger partial charge in [-0.3, -0.25) is 9.59 Å². The van der Waals surface area contributed by atoms with E-state index >= 15 is 0 Å². The molecule has 2 aromatic carbocycles. The second kappa shape index (κ2) is 10.6. The molecule has 184 valence electrons. The normalized spacial score (nSPS) is 12.6. The number of carbonyl (C=O) groups excluding carboxylic acids is 2. The third kappa shape index (κ3) is 5.20. The van der Waals surface area contributed by atoms with E-state index in [0.717, 1.165) is 52.9 Å². The van der Waals surface area contributed by atoms with E-state index in [1.807, 2.05) is 67.7 Å². The second-order valence-electron chi connectivity index (χ2n) is 8.76. The number of aryl methyl sites for hydroxylation is 2. The smallest absolute Gasteiger partial charge is 0.308 e. The van der Waals surface area contributed by atoms with Crippen molar-refractivity contribution in [2.75, 3.05) is 5.32 Å². The Bertz CT molecular complexity index is 1530. The highest BCUT2D eigenvalue weighted by atomic mass is 32.1. The maximum absolute atomic E-state index is 12.5. The molecule has 8 nitrogen and oxygen atoms in total. The SMILES string of the molecule is Cc1ccc(-c2nn(-c3ccccc3)cc2/C=N\NC(=O)C(=O)Nc2sc3c(c2C#N)CCCC3)cc1. The molecule has 2 N–H and O–H groups in total. The van der Waals surface area contributed by atoms with Crippen molar-refractivity contribution in [1.82, 2.24) is 15.2 Å². The number of carbonyl (C=O) groups is 2. The van der Waals surface area contributed by atoms with Gasteiger partial charge in [0.15, 0.2) is 0 Å². The van der Waals surface area contributed by atoms with Crippen LogP contribution in [0.1, 0.15) is 40.0 Å². The molecule has 0 bridgehead atoms. The van der Waals surface area contributed by atoms with Gasteiger partial charge in [0, 0.05) is 22.2 Å². The summed E-state index contributed by atoms with van der Waals surface area (Å²) in [5.74, 6) is -1.79. The molecule has 2 heterocycles. The van der Waals surface area contributed by atoms with E-state index in [4.69, 9.17) is 5.10 Å². The lowest BCUT2D eigenvalue weighted by Crippen LogP contribution is -2.32. The van der Waals surface area contributed by atoms with Gasteiger partial charge in [0.2, 0.25) is 0 Å². The zero-order chi connectivity index (χ0) is 25.8. The van der Waals surface area contributed by atoms with Crippen LogP contribution >= 0.6 is 11.3 Å². The molecule has 37 heavy (non-hydrogen) atoms. The zero-order valence-electron chi connectivity index (χ0n) is 20.2. The number of benzene rings is 2. The number of thiophene rings is 1. The third-order valence-electron chi connectivity index (χ3n) is 6.17. The van der Waals surface area contributed by atoms with Gasteiger partial charge in [-0.2, -0.15) is 15.5 Å². The van der Waals surface area contributed by atoms with Crippen molar-refractivity contribution in [3.63, 3.8) is 0 Å². The van der Waals surface area contributed by atoms with Crippen LogP contribution in [0.5, 0.6) is 0 Å². The number of hydrogen-bond donors (Lipinski definition) is 2. The standard InChI is InChI=1S/C28H24N6O2S/c1-18-11-13-19(14-12-18)25-20(17-34(33-25)21-7-3-2-4-8-21)16-30-32-27(36)26(35)31-28-23(15-29)22-9-5-6-10-24(22)37-28/h2-4,7-8,11-14,16-17H,5-6,9-10H2,1H3,(H,31,35)(H,32,36)/b30-16-. The summed E-state index contributed by atoms with van der Waals surface area (Å²) in [6.07, 6.45) is 7.08. The summed E-state index contributed by atoms with van der Waals surface area (Å²) in [4.78, 5) is 26.1. The van der Waals surface area contributed by atoms with Gasteiger partial charge in [-0.15, -0.1) is 11.3 Å². The average Bonchev–Trinajstić information content (AvgIpc) is 3.50. The third-order valence-corrected chi connectivity index (χ3v) is 7.38. The van der Waals surface area contributed by atoms with Crippen molar-refractivity contribution >= 4 is 34.4 Å². The fourth-order valence-electron chi connectivity index (χ4n) is 4.27. The quantitative estimate of drug-likeness (QED) is 0.230. The molecule has 0 radical (unpaired) electrons. The number of anilines is 1. The van der Waals surface area contributed by atoms with Crippen LogP contribution in [-0.2, 0) is 22.4 Å². The number of nitrogens with one attached hydrogen (secondary N) is 2. The molecule has 4 aromatic rings. The van der Waals surface area contributed by atoms with Gasteiger partial charge in [-0.25, -0.2) is 10.1 Å². The Balaban J connectivity index is 1.33. The maximum Gasteiger partial charge on any atom is 0.329 e. The summed E-state index contributed by atoms with van der Waals surface area (Å²) in [5.41, 5.74) is 8.01. The average molecular weight is 509 g/mol. The van der Waals surface area contributed by atoms with Gasteiger partial charge < -0.3 is 5.32 Å². The van der Waals surface area contributed by atoms with Crippen LogP contribution < -0.4 is 10.7 Å². The Morgan fingerprint density at radius 2 is 1.84 bits per heavy atom. The first-order valence-corrected chi connectivity index (χ1v) is 12.8. The van der Waals surface area contributed by atoms with Gasteiger partial charge in [0.05, 0.1) is 17.5 Å². The Labute approximate surface area is 218 Å². The fourth-order valence-corrected chi connectivity index (χ4v) is 5.51. The van der Waals surface area contributed by atoms with E-state index in [9.17, 15) is 14.9 Å². The summed E-state index contributed by atoms with van der Waals surface area (Å²) < 4.78 is 1.74. The minimum absolute atomic E-state index is 0.421. The Hall–Kier alpha value is -4.55. The summed E-state index contributed by atoms with van der Waals surface area (Å²) in [6.45, 7) is 2.01. The van der Waals surface area contributed by atoms with Crippen LogP contribution in [0.2, 0.25) is 0 Å². The number of fused-ring (bicyclic) bond motifs is 1. The number of aromatic nitrogens is 2. The number of amides is 2. The van der Waals surface area contributed by atoms with Crippen molar-refractivity contribution < 1.29 is 9.59 Å². The summed E-state index contributed by atoms with van der Waals surface area (Å²) in [6, 6.07) is 19.8. The van der Waals surface area contributed by atoms with E-state index in [2.05, 4.69) is 21.9 Å². The van der Waals surface area contributed by atoms with Crippen molar-refractivity contribution in [2.24, 2.45) is 5.10 Å². The number of nitriles is 1. The summed E-state index contributed by atoms with van der Waals surface area (Å²) in [5, 5.41) is 21.3. The Morgan fingerprint density at radius 1 is 1.08 bits per heavy atom. The van der Waals surface area contributed by atoms with Crippen molar-refractivity contribution in [1.29, 1.82) is 5.26 Å². The van der Waals surface area contributed by atoms with Crippen molar-refractivity contribution in [3.8, 4) is 23.0 Å².